The third-order valence-electron chi connectivity index (χ3n) is 9.22. The van der Waals surface area contributed by atoms with Gasteiger partial charge in [0.05, 0.1) is 19.3 Å². The molecule has 6 rings (SSSR count). The van der Waals surface area contributed by atoms with Gasteiger partial charge in [-0.3, -0.25) is 14.4 Å². The van der Waals surface area contributed by atoms with Crippen LogP contribution < -0.4 is 15.5 Å². The highest BCUT2D eigenvalue weighted by Crippen LogP contribution is 2.39. The van der Waals surface area contributed by atoms with Crippen LogP contribution in [0, 0.1) is 0 Å². The Morgan fingerprint density at radius 2 is 1.66 bits per heavy atom. The maximum absolute atomic E-state index is 14.1. The third kappa shape index (κ3) is 6.04. The molecule has 2 fully saturated rings. The molecule has 3 aliphatic rings. The highest BCUT2D eigenvalue weighted by atomic mass is 35.5. The molecule has 3 heterocycles. The van der Waals surface area contributed by atoms with Gasteiger partial charge in [-0.25, -0.2) is 0 Å². The lowest BCUT2D eigenvalue weighted by atomic mass is 9.85. The van der Waals surface area contributed by atoms with E-state index < -0.39 is 17.6 Å². The van der Waals surface area contributed by atoms with Crippen molar-refractivity contribution in [2.45, 2.75) is 49.9 Å². The highest BCUT2D eigenvalue weighted by molar-refractivity contribution is 6.30. The Kier molecular flexibility index (Phi) is 8.88. The topological polar surface area (TPSA) is 105 Å². The van der Waals surface area contributed by atoms with Crippen LogP contribution in [0.4, 0.5) is 5.69 Å². The first-order chi connectivity index (χ1) is 21.4. The van der Waals surface area contributed by atoms with E-state index in [0.29, 0.717) is 57.0 Å². The van der Waals surface area contributed by atoms with Crippen molar-refractivity contribution in [1.29, 1.82) is 0 Å². The van der Waals surface area contributed by atoms with Gasteiger partial charge in [0.1, 0.15) is 11.6 Å². The number of halogens is 1. The van der Waals surface area contributed by atoms with Crippen molar-refractivity contribution in [3.8, 4) is 0 Å². The first-order valence-corrected chi connectivity index (χ1v) is 15.6. The molecule has 3 aromatic rings. The summed E-state index contributed by atoms with van der Waals surface area (Å²) in [6.07, 6.45) is 1.79. The molecule has 2 saturated heterocycles. The summed E-state index contributed by atoms with van der Waals surface area (Å²) in [5.41, 5.74) is 3.35. The van der Waals surface area contributed by atoms with Gasteiger partial charge in [0.25, 0.3) is 0 Å². The second kappa shape index (κ2) is 13.0. The summed E-state index contributed by atoms with van der Waals surface area (Å²) < 4.78 is 0. The number of para-hydroxylation sites is 1. The lowest BCUT2D eigenvalue weighted by Gasteiger charge is -2.44. The van der Waals surface area contributed by atoms with E-state index in [1.807, 2.05) is 60.7 Å². The Bertz CT molecular complexity index is 1490. The standard InChI is InChI=1S/C34H38ClN5O4/c35-27-12-10-24(11-13-27)20-30(37-31(42)29-21-25-6-4-5-7-26(25)22-36-29)32(43)38-16-14-34(15-17-38)33(44)39(18-19-41)23-40(34)28-8-2-1-3-9-28/h1-13,29-30,36,41H,14-23H2,(H,37,42). The van der Waals surface area contributed by atoms with E-state index in [9.17, 15) is 19.5 Å². The van der Waals surface area contributed by atoms with Crippen molar-refractivity contribution in [3.63, 3.8) is 0 Å². The predicted molar refractivity (Wildman–Crippen MR) is 169 cm³/mol. The summed E-state index contributed by atoms with van der Waals surface area (Å²) in [5.74, 6) is -0.387. The third-order valence-corrected chi connectivity index (χ3v) is 9.47. The molecule has 3 N–H and O–H groups in total. The number of fused-ring (bicyclic) bond motifs is 1. The lowest BCUT2D eigenvalue weighted by molar-refractivity contribution is -0.141. The number of hydrogen-bond acceptors (Lipinski definition) is 6. The molecule has 3 aliphatic heterocycles. The monoisotopic (exact) mass is 615 g/mol. The maximum Gasteiger partial charge on any atom is 0.250 e. The first-order valence-electron chi connectivity index (χ1n) is 15.2. The smallest absolute Gasteiger partial charge is 0.250 e. The minimum Gasteiger partial charge on any atom is -0.395 e. The number of anilines is 1. The van der Waals surface area contributed by atoms with Crippen LogP contribution in [0.25, 0.3) is 0 Å². The minimum absolute atomic E-state index is 0.0165. The van der Waals surface area contributed by atoms with Gasteiger partial charge in [-0.05, 0) is 60.2 Å². The van der Waals surface area contributed by atoms with Crippen molar-refractivity contribution < 1.29 is 19.5 Å². The summed E-state index contributed by atoms with van der Waals surface area (Å²) in [4.78, 5) is 47.0. The van der Waals surface area contributed by atoms with Crippen LogP contribution in [0.15, 0.2) is 78.9 Å². The van der Waals surface area contributed by atoms with Crippen molar-refractivity contribution in [3.05, 3.63) is 101 Å². The van der Waals surface area contributed by atoms with Gasteiger partial charge in [0.2, 0.25) is 17.7 Å². The minimum atomic E-state index is -0.790. The Labute approximate surface area is 262 Å². The van der Waals surface area contributed by atoms with Crippen LogP contribution in [0.2, 0.25) is 5.02 Å². The van der Waals surface area contributed by atoms with Gasteiger partial charge in [-0.15, -0.1) is 0 Å². The average molecular weight is 616 g/mol. The van der Waals surface area contributed by atoms with E-state index in [2.05, 4.69) is 21.6 Å². The SMILES string of the molecule is O=C(NC(Cc1ccc(Cl)cc1)C(=O)N1CCC2(CC1)C(=O)N(CCO)CN2c1ccccc1)C1Cc2ccccc2CN1. The van der Waals surface area contributed by atoms with Crippen LogP contribution in [0.5, 0.6) is 0 Å². The fourth-order valence-electron chi connectivity index (χ4n) is 6.78. The van der Waals surface area contributed by atoms with E-state index in [-0.39, 0.29) is 30.9 Å². The summed E-state index contributed by atoms with van der Waals surface area (Å²) in [6.45, 7) is 1.90. The van der Waals surface area contributed by atoms with Gasteiger partial charge in [0, 0.05) is 43.3 Å². The largest absolute Gasteiger partial charge is 0.395 e. The number of amides is 3. The molecular weight excluding hydrogens is 578 g/mol. The van der Waals surface area contributed by atoms with Crippen molar-refractivity contribution in [2.75, 3.05) is 37.8 Å². The Morgan fingerprint density at radius 1 is 0.977 bits per heavy atom. The van der Waals surface area contributed by atoms with Crippen molar-refractivity contribution in [2.24, 2.45) is 0 Å². The molecule has 1 spiro atoms. The number of piperidine rings is 1. The van der Waals surface area contributed by atoms with Crippen LogP contribution in [0.3, 0.4) is 0 Å². The van der Waals surface area contributed by atoms with E-state index in [4.69, 9.17) is 11.6 Å². The molecule has 10 heteroatoms. The molecule has 0 radical (unpaired) electrons. The van der Waals surface area contributed by atoms with E-state index in [0.717, 1.165) is 16.8 Å². The van der Waals surface area contributed by atoms with Gasteiger partial charge in [-0.2, -0.15) is 0 Å². The average Bonchev–Trinajstić information content (AvgIpc) is 3.32. The Balaban J connectivity index is 1.19. The van der Waals surface area contributed by atoms with Gasteiger partial charge in [-0.1, -0.05) is 66.2 Å². The fraction of sp³-hybridized carbons (Fsp3) is 0.382. The summed E-state index contributed by atoms with van der Waals surface area (Å²) in [5, 5.41) is 16.6. The number of aliphatic hydroxyl groups excluding tert-OH is 1. The number of carbonyl (C=O) groups excluding carboxylic acids is 3. The molecule has 2 atom stereocenters. The van der Waals surface area contributed by atoms with E-state index in [1.54, 1.807) is 21.9 Å². The number of benzene rings is 3. The zero-order chi connectivity index (χ0) is 30.7. The summed E-state index contributed by atoms with van der Waals surface area (Å²) in [7, 11) is 0. The molecule has 3 aromatic carbocycles. The van der Waals surface area contributed by atoms with Gasteiger partial charge < -0.3 is 30.4 Å². The molecule has 0 aromatic heterocycles. The number of nitrogens with one attached hydrogen (secondary N) is 2. The molecular formula is C34H38ClN5O4. The van der Waals surface area contributed by atoms with Crippen LogP contribution in [-0.2, 0) is 33.8 Å². The number of β-amino-alcohol motifs (C(OH)–C–C–N with tert-alkyl or cyclic N) is 1. The van der Waals surface area contributed by atoms with Crippen LogP contribution >= 0.6 is 11.6 Å². The van der Waals surface area contributed by atoms with Gasteiger partial charge >= 0.3 is 0 Å². The molecule has 0 aliphatic carbocycles. The predicted octanol–water partition coefficient (Wildman–Crippen LogP) is 2.74. The first kappa shape index (κ1) is 30.1. The fourth-order valence-corrected chi connectivity index (χ4v) is 6.91. The van der Waals surface area contributed by atoms with E-state index in [1.165, 1.54) is 5.56 Å². The molecule has 44 heavy (non-hydrogen) atoms. The Morgan fingerprint density at radius 3 is 2.36 bits per heavy atom. The van der Waals surface area contributed by atoms with Crippen molar-refractivity contribution >= 4 is 35.0 Å². The molecule has 2 unspecified atom stereocenters. The number of rotatable bonds is 8. The second-order valence-corrected chi connectivity index (χ2v) is 12.3. The number of hydrogen-bond donors (Lipinski definition) is 3. The zero-order valence-electron chi connectivity index (χ0n) is 24.6. The highest BCUT2D eigenvalue weighted by Gasteiger charge is 2.54. The van der Waals surface area contributed by atoms with Crippen LogP contribution in [0.1, 0.15) is 29.5 Å². The molecule has 0 bridgehead atoms. The van der Waals surface area contributed by atoms with Crippen molar-refractivity contribution in [1.82, 2.24) is 20.4 Å². The molecule has 9 nitrogen and oxygen atoms in total. The van der Waals surface area contributed by atoms with E-state index >= 15 is 0 Å². The summed E-state index contributed by atoms with van der Waals surface area (Å²) in [6, 6.07) is 24.0. The van der Waals surface area contributed by atoms with Crippen LogP contribution in [-0.4, -0.2) is 83.2 Å². The Hall–Kier alpha value is -3.92. The molecule has 230 valence electrons. The molecule has 0 saturated carbocycles. The number of aliphatic hydroxyl groups is 1. The maximum atomic E-state index is 14.1. The number of likely N-dealkylation sites (tertiary alicyclic amines) is 1. The lowest BCUT2D eigenvalue weighted by Crippen LogP contribution is -2.60. The molecule has 3 amide bonds. The summed E-state index contributed by atoms with van der Waals surface area (Å²) >= 11 is 6.11. The van der Waals surface area contributed by atoms with Gasteiger partial charge in [0.15, 0.2) is 0 Å². The number of nitrogens with zero attached hydrogens (tertiary/aromatic N) is 3. The zero-order valence-corrected chi connectivity index (χ0v) is 25.4. The normalized spacial score (nSPS) is 20.0. The number of carbonyl (C=O) groups is 3. The second-order valence-electron chi connectivity index (χ2n) is 11.9. The quantitative estimate of drug-likeness (QED) is 0.360.